The van der Waals surface area contributed by atoms with Crippen LogP contribution in [-0.4, -0.2) is 35.4 Å². The first kappa shape index (κ1) is 6.92. The number of aliphatic hydroxyl groups is 2. The SMILES string of the molecule is OC[C@@H]1C[C@@H](F)[C@@H](O)O1. The molecule has 4 heteroatoms. The van der Waals surface area contributed by atoms with Crippen LogP contribution in [0.3, 0.4) is 0 Å². The van der Waals surface area contributed by atoms with Crippen molar-refractivity contribution in [2.75, 3.05) is 6.61 Å². The lowest BCUT2D eigenvalue weighted by atomic mass is 10.2. The number of alkyl halides is 1. The maximum atomic E-state index is 12.3. The van der Waals surface area contributed by atoms with E-state index in [-0.39, 0.29) is 13.0 Å². The molecule has 0 aromatic heterocycles. The van der Waals surface area contributed by atoms with E-state index >= 15 is 0 Å². The van der Waals surface area contributed by atoms with Gasteiger partial charge in [0.05, 0.1) is 12.7 Å². The monoisotopic (exact) mass is 136 g/mol. The Kier molecular flexibility index (Phi) is 2.00. The van der Waals surface area contributed by atoms with Gasteiger partial charge in [-0.2, -0.15) is 0 Å². The highest BCUT2D eigenvalue weighted by Crippen LogP contribution is 2.20. The van der Waals surface area contributed by atoms with Gasteiger partial charge in [0.15, 0.2) is 12.5 Å². The molecule has 0 aromatic carbocycles. The summed E-state index contributed by atoms with van der Waals surface area (Å²) in [5, 5.41) is 17.0. The number of aliphatic hydroxyl groups excluding tert-OH is 2. The summed E-state index contributed by atoms with van der Waals surface area (Å²) in [5.41, 5.74) is 0. The standard InChI is InChI=1S/C5H9FO3/c6-4-1-3(2-7)9-5(4)8/h3-5,7-8H,1-2H2/t3-,4+,5-/m0/s1. The van der Waals surface area contributed by atoms with E-state index in [2.05, 4.69) is 4.74 Å². The van der Waals surface area contributed by atoms with Crippen molar-refractivity contribution < 1.29 is 19.3 Å². The first-order valence-electron chi connectivity index (χ1n) is 2.82. The fourth-order valence-corrected chi connectivity index (χ4v) is 0.823. The summed E-state index contributed by atoms with van der Waals surface area (Å²) in [5.74, 6) is 0. The maximum Gasteiger partial charge on any atom is 0.186 e. The smallest absolute Gasteiger partial charge is 0.186 e. The van der Waals surface area contributed by atoms with E-state index in [4.69, 9.17) is 10.2 Å². The normalized spacial score (nSPS) is 43.7. The van der Waals surface area contributed by atoms with Crippen molar-refractivity contribution in [3.63, 3.8) is 0 Å². The summed E-state index contributed by atoms with van der Waals surface area (Å²) in [7, 11) is 0. The summed E-state index contributed by atoms with van der Waals surface area (Å²) < 4.78 is 16.8. The van der Waals surface area contributed by atoms with E-state index < -0.39 is 18.6 Å². The second-order valence-electron chi connectivity index (χ2n) is 2.08. The molecule has 1 rings (SSSR count). The molecule has 54 valence electrons. The van der Waals surface area contributed by atoms with Gasteiger partial charge in [-0.1, -0.05) is 0 Å². The molecule has 1 fully saturated rings. The summed E-state index contributed by atoms with van der Waals surface area (Å²) in [6, 6.07) is 0. The van der Waals surface area contributed by atoms with Crippen LogP contribution in [0.15, 0.2) is 0 Å². The second kappa shape index (κ2) is 2.60. The molecule has 0 aliphatic carbocycles. The molecule has 0 unspecified atom stereocenters. The molecule has 9 heavy (non-hydrogen) atoms. The van der Waals surface area contributed by atoms with E-state index in [0.29, 0.717) is 0 Å². The predicted octanol–water partition coefficient (Wildman–Crippen LogP) is -0.576. The third-order valence-corrected chi connectivity index (χ3v) is 1.33. The van der Waals surface area contributed by atoms with Gasteiger partial charge in [0, 0.05) is 6.42 Å². The third-order valence-electron chi connectivity index (χ3n) is 1.33. The number of hydrogen-bond donors (Lipinski definition) is 2. The van der Waals surface area contributed by atoms with Crippen LogP contribution in [0.5, 0.6) is 0 Å². The van der Waals surface area contributed by atoms with Crippen LogP contribution in [0.2, 0.25) is 0 Å². The van der Waals surface area contributed by atoms with E-state index in [0.717, 1.165) is 0 Å². The minimum Gasteiger partial charge on any atom is -0.394 e. The lowest BCUT2D eigenvalue weighted by molar-refractivity contribution is -0.119. The van der Waals surface area contributed by atoms with Gasteiger partial charge in [-0.15, -0.1) is 0 Å². The van der Waals surface area contributed by atoms with E-state index in [9.17, 15) is 4.39 Å². The first-order chi connectivity index (χ1) is 4.24. The zero-order valence-corrected chi connectivity index (χ0v) is 4.83. The molecule has 3 nitrogen and oxygen atoms in total. The second-order valence-corrected chi connectivity index (χ2v) is 2.08. The fraction of sp³-hybridized carbons (Fsp3) is 1.00. The number of rotatable bonds is 1. The Labute approximate surface area is 52.1 Å². The van der Waals surface area contributed by atoms with Crippen molar-refractivity contribution in [1.82, 2.24) is 0 Å². The molecule has 0 radical (unpaired) electrons. The molecule has 1 saturated heterocycles. The maximum absolute atomic E-state index is 12.3. The quantitative estimate of drug-likeness (QED) is 0.507. The van der Waals surface area contributed by atoms with E-state index in [1.807, 2.05) is 0 Å². The minimum absolute atomic E-state index is 0.0949. The Morgan fingerprint density at radius 2 is 2.33 bits per heavy atom. The zero-order valence-electron chi connectivity index (χ0n) is 4.83. The molecule has 1 heterocycles. The van der Waals surface area contributed by atoms with Crippen LogP contribution in [0, 0.1) is 0 Å². The first-order valence-corrected chi connectivity index (χ1v) is 2.82. The van der Waals surface area contributed by atoms with Crippen LogP contribution in [-0.2, 0) is 4.74 Å². The lowest BCUT2D eigenvalue weighted by Gasteiger charge is -2.04. The van der Waals surface area contributed by atoms with Crippen molar-refractivity contribution >= 4 is 0 Å². The highest BCUT2D eigenvalue weighted by Gasteiger charge is 2.33. The van der Waals surface area contributed by atoms with Crippen LogP contribution < -0.4 is 0 Å². The van der Waals surface area contributed by atoms with Crippen molar-refractivity contribution in [3.05, 3.63) is 0 Å². The number of halogens is 1. The van der Waals surface area contributed by atoms with Gasteiger partial charge in [-0.05, 0) is 0 Å². The topological polar surface area (TPSA) is 49.7 Å². The molecule has 1 aliphatic heterocycles. The Morgan fingerprint density at radius 3 is 2.56 bits per heavy atom. The fourth-order valence-electron chi connectivity index (χ4n) is 0.823. The van der Waals surface area contributed by atoms with Crippen LogP contribution in [0.1, 0.15) is 6.42 Å². The third kappa shape index (κ3) is 1.38. The molecule has 3 atom stereocenters. The Bertz CT molecular complexity index is 88.2. The minimum atomic E-state index is -1.33. The van der Waals surface area contributed by atoms with Gasteiger partial charge in [0.1, 0.15) is 0 Å². The van der Waals surface area contributed by atoms with Crippen LogP contribution >= 0.6 is 0 Å². The average molecular weight is 136 g/mol. The molecule has 0 bridgehead atoms. The zero-order chi connectivity index (χ0) is 6.85. The average Bonchev–Trinajstić information content (AvgIpc) is 2.13. The van der Waals surface area contributed by atoms with Gasteiger partial charge in [0.25, 0.3) is 0 Å². The van der Waals surface area contributed by atoms with Crippen molar-refractivity contribution in [1.29, 1.82) is 0 Å². The Hall–Kier alpha value is -0.190. The molecule has 2 N–H and O–H groups in total. The molecule has 0 saturated carbocycles. The summed E-state index contributed by atoms with van der Waals surface area (Å²) in [6.45, 7) is -0.225. The van der Waals surface area contributed by atoms with Gasteiger partial charge in [0.2, 0.25) is 0 Å². The molecular weight excluding hydrogens is 127 g/mol. The molecule has 1 aliphatic rings. The number of hydrogen-bond acceptors (Lipinski definition) is 3. The van der Waals surface area contributed by atoms with Gasteiger partial charge in [-0.3, -0.25) is 0 Å². The van der Waals surface area contributed by atoms with E-state index in [1.54, 1.807) is 0 Å². The Balaban J connectivity index is 2.35. The largest absolute Gasteiger partial charge is 0.394 e. The summed E-state index contributed by atoms with van der Waals surface area (Å²) in [6.07, 6.45) is -3.09. The van der Waals surface area contributed by atoms with Crippen LogP contribution in [0.25, 0.3) is 0 Å². The lowest BCUT2D eigenvalue weighted by Crippen LogP contribution is -2.16. The summed E-state index contributed by atoms with van der Waals surface area (Å²) >= 11 is 0. The molecule has 0 amide bonds. The Morgan fingerprint density at radius 1 is 1.67 bits per heavy atom. The molecule has 0 spiro atoms. The van der Waals surface area contributed by atoms with E-state index in [1.165, 1.54) is 0 Å². The van der Waals surface area contributed by atoms with Gasteiger partial charge in [-0.25, -0.2) is 4.39 Å². The number of ether oxygens (including phenoxy) is 1. The van der Waals surface area contributed by atoms with Gasteiger partial charge >= 0.3 is 0 Å². The van der Waals surface area contributed by atoms with Crippen molar-refractivity contribution in [3.8, 4) is 0 Å². The molecule has 0 aromatic rings. The van der Waals surface area contributed by atoms with Crippen molar-refractivity contribution in [2.24, 2.45) is 0 Å². The highest BCUT2D eigenvalue weighted by molar-refractivity contribution is 4.74. The molecular formula is C5H9FO3. The summed E-state index contributed by atoms with van der Waals surface area (Å²) in [4.78, 5) is 0. The van der Waals surface area contributed by atoms with Gasteiger partial charge < -0.3 is 14.9 Å². The predicted molar refractivity (Wildman–Crippen MR) is 27.5 cm³/mol. The highest BCUT2D eigenvalue weighted by atomic mass is 19.1. The van der Waals surface area contributed by atoms with Crippen LogP contribution in [0.4, 0.5) is 4.39 Å². The van der Waals surface area contributed by atoms with Crippen molar-refractivity contribution in [2.45, 2.75) is 25.0 Å².